The summed E-state index contributed by atoms with van der Waals surface area (Å²) >= 11 is 0. The van der Waals surface area contributed by atoms with Crippen molar-refractivity contribution in [1.29, 1.82) is 0 Å². The number of nitrogens with one attached hydrogen (secondary N) is 1. The molecule has 0 bridgehead atoms. The SMILES string of the molecule is O=C(Nc1ccc(OC2CCC2)c(F)c1)N1CCN2C(=O)CCC2C1. The van der Waals surface area contributed by atoms with Crippen LogP contribution in [-0.2, 0) is 4.79 Å². The topological polar surface area (TPSA) is 61.9 Å². The molecule has 0 radical (unpaired) electrons. The molecule has 1 N–H and O–H groups in total. The summed E-state index contributed by atoms with van der Waals surface area (Å²) in [5, 5.41) is 2.74. The number of hydrogen-bond donors (Lipinski definition) is 1. The van der Waals surface area contributed by atoms with Gasteiger partial charge in [0.25, 0.3) is 0 Å². The lowest BCUT2D eigenvalue weighted by atomic mass is 9.96. The Hall–Kier alpha value is -2.31. The van der Waals surface area contributed by atoms with Crippen LogP contribution in [0.25, 0.3) is 0 Å². The number of amides is 3. The Morgan fingerprint density at radius 1 is 1.24 bits per heavy atom. The van der Waals surface area contributed by atoms with Crippen LogP contribution in [0.15, 0.2) is 18.2 Å². The zero-order chi connectivity index (χ0) is 17.4. The molecule has 134 valence electrons. The number of fused-ring (bicyclic) bond motifs is 1. The van der Waals surface area contributed by atoms with Crippen molar-refractivity contribution in [1.82, 2.24) is 9.80 Å². The second-order valence-corrected chi connectivity index (χ2v) is 6.97. The average molecular weight is 347 g/mol. The molecule has 1 aromatic rings. The lowest BCUT2D eigenvalue weighted by Gasteiger charge is -2.37. The number of carbonyl (C=O) groups excluding carboxylic acids is 2. The Balaban J connectivity index is 1.36. The molecule has 1 saturated carbocycles. The van der Waals surface area contributed by atoms with E-state index in [1.165, 1.54) is 6.07 Å². The summed E-state index contributed by atoms with van der Waals surface area (Å²) in [6, 6.07) is 4.37. The van der Waals surface area contributed by atoms with Crippen LogP contribution in [0.5, 0.6) is 5.75 Å². The number of benzene rings is 1. The van der Waals surface area contributed by atoms with Crippen molar-refractivity contribution >= 4 is 17.6 Å². The summed E-state index contributed by atoms with van der Waals surface area (Å²) in [6.45, 7) is 1.60. The highest BCUT2D eigenvalue weighted by Crippen LogP contribution is 2.29. The highest BCUT2D eigenvalue weighted by Gasteiger charge is 2.36. The highest BCUT2D eigenvalue weighted by atomic mass is 19.1. The maximum absolute atomic E-state index is 14.1. The Morgan fingerprint density at radius 2 is 2.08 bits per heavy atom. The summed E-state index contributed by atoms with van der Waals surface area (Å²) in [5.41, 5.74) is 0.411. The number of piperazine rings is 1. The number of hydrogen-bond acceptors (Lipinski definition) is 3. The van der Waals surface area contributed by atoms with Crippen LogP contribution < -0.4 is 10.1 Å². The Bertz CT molecular complexity index is 692. The second kappa shape index (κ2) is 6.54. The van der Waals surface area contributed by atoms with Crippen LogP contribution in [0.1, 0.15) is 32.1 Å². The maximum atomic E-state index is 14.1. The molecular formula is C18H22FN3O3. The van der Waals surface area contributed by atoms with Gasteiger partial charge in [0, 0.05) is 43.9 Å². The number of rotatable bonds is 3. The van der Waals surface area contributed by atoms with Gasteiger partial charge < -0.3 is 19.9 Å². The van der Waals surface area contributed by atoms with Gasteiger partial charge in [0.15, 0.2) is 11.6 Å². The maximum Gasteiger partial charge on any atom is 0.321 e. The van der Waals surface area contributed by atoms with E-state index in [0.717, 1.165) is 25.7 Å². The van der Waals surface area contributed by atoms with Crippen molar-refractivity contribution in [2.24, 2.45) is 0 Å². The Labute approximate surface area is 145 Å². The minimum atomic E-state index is -0.462. The predicted octanol–water partition coefficient (Wildman–Crippen LogP) is 2.60. The predicted molar refractivity (Wildman–Crippen MR) is 90.0 cm³/mol. The Morgan fingerprint density at radius 3 is 2.80 bits per heavy atom. The third kappa shape index (κ3) is 3.27. The molecule has 6 nitrogen and oxygen atoms in total. The molecule has 7 heteroatoms. The second-order valence-electron chi connectivity index (χ2n) is 6.97. The summed E-state index contributed by atoms with van der Waals surface area (Å²) in [5.74, 6) is -0.0501. The lowest BCUT2D eigenvalue weighted by molar-refractivity contribution is -0.130. The minimum Gasteiger partial charge on any atom is -0.487 e. The molecule has 2 heterocycles. The van der Waals surface area contributed by atoms with Crippen molar-refractivity contribution in [2.75, 3.05) is 25.0 Å². The smallest absolute Gasteiger partial charge is 0.321 e. The van der Waals surface area contributed by atoms with Crippen LogP contribution in [0.4, 0.5) is 14.9 Å². The first-order valence-corrected chi connectivity index (χ1v) is 8.92. The number of halogens is 1. The van der Waals surface area contributed by atoms with E-state index in [1.54, 1.807) is 17.0 Å². The van der Waals surface area contributed by atoms with E-state index in [4.69, 9.17) is 4.74 Å². The van der Waals surface area contributed by atoms with Crippen molar-refractivity contribution in [3.63, 3.8) is 0 Å². The summed E-state index contributed by atoms with van der Waals surface area (Å²) < 4.78 is 19.7. The molecule has 1 unspecified atom stereocenters. The van der Waals surface area contributed by atoms with Crippen molar-refractivity contribution in [3.8, 4) is 5.75 Å². The first kappa shape index (κ1) is 16.2. The zero-order valence-electron chi connectivity index (χ0n) is 14.0. The molecule has 3 aliphatic rings. The molecule has 2 aliphatic heterocycles. The highest BCUT2D eigenvalue weighted by molar-refractivity contribution is 5.90. The molecule has 0 aromatic heterocycles. The molecule has 1 aliphatic carbocycles. The number of nitrogens with zero attached hydrogens (tertiary/aromatic N) is 2. The molecule has 1 aromatic carbocycles. The monoisotopic (exact) mass is 347 g/mol. The summed E-state index contributed by atoms with van der Waals surface area (Å²) in [4.78, 5) is 27.7. The van der Waals surface area contributed by atoms with Gasteiger partial charge in [-0.15, -0.1) is 0 Å². The number of ether oxygens (including phenoxy) is 1. The normalized spacial score (nSPS) is 23.2. The van der Waals surface area contributed by atoms with Crippen LogP contribution in [-0.4, -0.2) is 53.5 Å². The zero-order valence-corrected chi connectivity index (χ0v) is 14.0. The van der Waals surface area contributed by atoms with E-state index in [1.807, 2.05) is 4.90 Å². The van der Waals surface area contributed by atoms with Gasteiger partial charge in [-0.1, -0.05) is 0 Å². The first-order valence-electron chi connectivity index (χ1n) is 8.92. The van der Waals surface area contributed by atoms with Gasteiger partial charge in [-0.05, 0) is 37.8 Å². The third-order valence-electron chi connectivity index (χ3n) is 5.31. The van der Waals surface area contributed by atoms with E-state index < -0.39 is 5.82 Å². The van der Waals surface area contributed by atoms with Crippen molar-refractivity contribution in [3.05, 3.63) is 24.0 Å². The van der Waals surface area contributed by atoms with E-state index in [9.17, 15) is 14.0 Å². The fourth-order valence-electron chi connectivity index (χ4n) is 3.59. The van der Waals surface area contributed by atoms with Gasteiger partial charge in [0.1, 0.15) is 0 Å². The third-order valence-corrected chi connectivity index (χ3v) is 5.31. The van der Waals surface area contributed by atoms with Gasteiger partial charge in [-0.25, -0.2) is 9.18 Å². The molecular weight excluding hydrogens is 325 g/mol. The molecule has 1 atom stereocenters. The van der Waals surface area contributed by atoms with Crippen LogP contribution in [0.3, 0.4) is 0 Å². The van der Waals surface area contributed by atoms with E-state index >= 15 is 0 Å². The Kier molecular flexibility index (Phi) is 4.23. The van der Waals surface area contributed by atoms with E-state index in [-0.39, 0.29) is 29.8 Å². The summed E-state index contributed by atoms with van der Waals surface area (Å²) in [7, 11) is 0. The minimum absolute atomic E-state index is 0.111. The lowest BCUT2D eigenvalue weighted by Crippen LogP contribution is -2.54. The first-order chi connectivity index (χ1) is 12.1. The average Bonchev–Trinajstić information content (AvgIpc) is 2.93. The molecule has 25 heavy (non-hydrogen) atoms. The van der Waals surface area contributed by atoms with Crippen LogP contribution >= 0.6 is 0 Å². The van der Waals surface area contributed by atoms with Gasteiger partial charge in [0.2, 0.25) is 5.91 Å². The number of carbonyl (C=O) groups is 2. The number of urea groups is 1. The largest absolute Gasteiger partial charge is 0.487 e. The molecule has 3 amide bonds. The molecule has 0 spiro atoms. The van der Waals surface area contributed by atoms with Crippen LogP contribution in [0, 0.1) is 5.82 Å². The standard InChI is InChI=1S/C18H22FN3O3/c19-15-10-12(4-6-16(15)25-14-2-1-3-14)20-18(24)21-8-9-22-13(11-21)5-7-17(22)23/h4,6,10,13-14H,1-3,5,7-9,11H2,(H,20,24). The quantitative estimate of drug-likeness (QED) is 0.914. The van der Waals surface area contributed by atoms with Gasteiger partial charge in [0.05, 0.1) is 6.10 Å². The van der Waals surface area contributed by atoms with E-state index in [2.05, 4.69) is 5.32 Å². The molecule has 4 rings (SSSR count). The van der Waals surface area contributed by atoms with Gasteiger partial charge in [-0.2, -0.15) is 0 Å². The number of anilines is 1. The van der Waals surface area contributed by atoms with E-state index in [0.29, 0.717) is 31.7 Å². The molecule has 2 saturated heterocycles. The fourth-order valence-corrected chi connectivity index (χ4v) is 3.59. The van der Waals surface area contributed by atoms with Gasteiger partial charge >= 0.3 is 6.03 Å². The fraction of sp³-hybridized carbons (Fsp3) is 0.556. The van der Waals surface area contributed by atoms with Crippen molar-refractivity contribution in [2.45, 2.75) is 44.2 Å². The molecule has 3 fully saturated rings. The van der Waals surface area contributed by atoms with Gasteiger partial charge in [-0.3, -0.25) is 4.79 Å². The van der Waals surface area contributed by atoms with Crippen LogP contribution in [0.2, 0.25) is 0 Å². The summed E-state index contributed by atoms with van der Waals surface area (Å²) in [6.07, 6.45) is 4.53. The van der Waals surface area contributed by atoms with Crippen molar-refractivity contribution < 1.29 is 18.7 Å².